The first kappa shape index (κ1) is 95.9. The van der Waals surface area contributed by atoms with Gasteiger partial charge in [-0.15, -0.1) is 13.5 Å². The number of aliphatic hydroxyl groups is 4. The molecule has 1 aromatic heterocycles. The lowest BCUT2D eigenvalue weighted by Crippen LogP contribution is -2.60. The van der Waals surface area contributed by atoms with Gasteiger partial charge in [-0.2, -0.15) is 0 Å². The van der Waals surface area contributed by atoms with E-state index in [1.54, 1.807) is 99.7 Å². The quantitative estimate of drug-likeness (QED) is 0.0157. The number of ether oxygens (including phenoxy) is 13. The van der Waals surface area contributed by atoms with E-state index in [1.165, 1.54) is 44.6 Å². The molecular formula is C89H107N7O28S2. The normalized spacial score (nSPS) is 18.3. The predicted molar refractivity (Wildman–Crippen MR) is 457 cm³/mol. The van der Waals surface area contributed by atoms with Crippen molar-refractivity contribution in [3.8, 4) is 40.2 Å². The first-order chi connectivity index (χ1) is 60.7. The van der Waals surface area contributed by atoms with Crippen LogP contribution in [0.4, 0.5) is 11.4 Å². The highest BCUT2D eigenvalue weighted by molar-refractivity contribution is 7.91. The molecule has 37 heteroatoms. The standard InChI is InChI=1S/C58H66N4O20S.C31H41N3O8S/c1-6-74-12-13-76-15-14-75-11-7-8-45(64)37-9-10-46(79-58-55(67)54(66)53(65)52(30-63)80-58)51(21-37)82-83(70,71)81-40-19-35(31-77-49-24-43-41(22-47(49)72-4)56(68)61-28-33(2)16-38(61)26-59-43)18-36(20-40)32-78-50-25-44-42(23-48(50)73-5)57(69)62-29-34(3)17-39(62)27-60-44;1-3-34-23-28(32-33-34)24-42-20-19-41-18-17-40-16-15-39-14-5-8-30(35)26-6-4-7-27(22-26)31(36)13-21-43(37,38)29-11-9-25(2)10-12-29/h9-10,18-27,38-39,52-55,58,63,65-67H,2-3,6-8,11-17,28-32H2,1,4-5H3;4,6-7,9-12,22-23H,3,5,8,13-21,24H2,1-2H3/t38-,39-,52+,53-,54-,55+,58?;/m0./s1. The van der Waals surface area contributed by atoms with Crippen molar-refractivity contribution >= 4 is 73.2 Å². The summed E-state index contributed by atoms with van der Waals surface area (Å²) in [5.74, 6) is -2.17. The number of rotatable bonds is 49. The summed E-state index contributed by atoms with van der Waals surface area (Å²) in [7, 11) is -5.97. The average molecular weight is 1790 g/mol. The monoisotopic (exact) mass is 1790 g/mol. The Balaban J connectivity index is 0.000000301. The number of nitrogens with zero attached hydrogens (tertiary/aromatic N) is 7. The zero-order chi connectivity index (χ0) is 89.9. The molecule has 5 aliphatic heterocycles. The number of methoxy groups -OCH3 is 2. The van der Waals surface area contributed by atoms with E-state index in [4.69, 9.17) is 69.9 Å². The fourth-order valence-electron chi connectivity index (χ4n) is 13.9. The average Bonchev–Trinajstić information content (AvgIpc) is 1.58. The molecule has 3 fully saturated rings. The third kappa shape index (κ3) is 26.9. The molecule has 0 aliphatic carbocycles. The van der Waals surface area contributed by atoms with E-state index in [1.807, 2.05) is 27.0 Å². The maximum Gasteiger partial charge on any atom is 0.501 e. The molecule has 12 rings (SSSR count). The zero-order valence-electron chi connectivity index (χ0n) is 70.9. The van der Waals surface area contributed by atoms with Crippen molar-refractivity contribution in [3.63, 3.8) is 0 Å². The predicted octanol–water partition coefficient (Wildman–Crippen LogP) is 8.63. The second kappa shape index (κ2) is 46.6. The van der Waals surface area contributed by atoms with Gasteiger partial charge in [-0.25, -0.2) is 8.42 Å². The van der Waals surface area contributed by atoms with Crippen LogP contribution in [-0.4, -0.2) is 272 Å². The van der Waals surface area contributed by atoms with Crippen molar-refractivity contribution in [2.75, 3.05) is 126 Å². The summed E-state index contributed by atoms with van der Waals surface area (Å²) in [4.78, 5) is 79.1. The number of aryl methyl sites for hydroxylation is 2. The Hall–Kier alpha value is -10.8. The lowest BCUT2D eigenvalue weighted by atomic mass is 9.99. The molecule has 1 unspecified atom stereocenters. The Kier molecular flexibility index (Phi) is 35.5. The van der Waals surface area contributed by atoms with Gasteiger partial charge >= 0.3 is 10.4 Å². The van der Waals surface area contributed by atoms with Gasteiger partial charge in [0.2, 0.25) is 6.29 Å². The van der Waals surface area contributed by atoms with Gasteiger partial charge in [-0.1, -0.05) is 65.4 Å². The van der Waals surface area contributed by atoms with E-state index >= 15 is 0 Å². The number of aliphatic hydroxyl groups excluding tert-OH is 4. The van der Waals surface area contributed by atoms with Crippen LogP contribution in [0, 0.1) is 6.92 Å². The molecule has 0 spiro atoms. The molecule has 7 atom stereocenters. The summed E-state index contributed by atoms with van der Waals surface area (Å²) in [6.45, 7) is 19.8. The van der Waals surface area contributed by atoms with Gasteiger partial charge in [0.05, 0.1) is 145 Å². The van der Waals surface area contributed by atoms with Crippen LogP contribution >= 0.6 is 0 Å². The van der Waals surface area contributed by atoms with Gasteiger partial charge in [0, 0.05) is 100.0 Å². The van der Waals surface area contributed by atoms with Crippen LogP contribution in [0.5, 0.6) is 40.2 Å². The lowest BCUT2D eigenvalue weighted by Gasteiger charge is -2.39. The number of aromatic nitrogens is 3. The minimum Gasteiger partial charge on any atom is -0.493 e. The topological polar surface area (TPSA) is 435 Å². The number of benzene rings is 6. The van der Waals surface area contributed by atoms with Crippen LogP contribution in [-0.2, 0) is 84.5 Å². The molecule has 0 radical (unpaired) electrons. The number of sulfone groups is 1. The summed E-state index contributed by atoms with van der Waals surface area (Å²) in [6.07, 6.45) is -1.39. The maximum atomic E-state index is 14.2. The minimum absolute atomic E-state index is 0.0155. The highest BCUT2D eigenvalue weighted by Gasteiger charge is 2.46. The maximum absolute atomic E-state index is 14.2. The molecule has 126 heavy (non-hydrogen) atoms. The number of fused-ring (bicyclic) bond motifs is 4. The molecule has 0 saturated carbocycles. The van der Waals surface area contributed by atoms with Crippen LogP contribution in [0.2, 0.25) is 0 Å². The second-order valence-electron chi connectivity index (χ2n) is 29.9. The van der Waals surface area contributed by atoms with Crippen LogP contribution in [0.3, 0.4) is 0 Å². The van der Waals surface area contributed by atoms with E-state index in [0.29, 0.717) is 156 Å². The van der Waals surface area contributed by atoms with E-state index < -0.39 is 74.8 Å². The third-order valence-electron chi connectivity index (χ3n) is 20.6. The van der Waals surface area contributed by atoms with Gasteiger partial charge in [0.25, 0.3) is 11.8 Å². The number of aliphatic imine (C=N–C) groups is 2. The number of carbonyl (C=O) groups excluding carboxylic acids is 5. The molecular weight excluding hydrogens is 1680 g/mol. The van der Waals surface area contributed by atoms with Crippen molar-refractivity contribution < 1.29 is 131 Å². The van der Waals surface area contributed by atoms with Gasteiger partial charge in [-0.05, 0) is 124 Å². The van der Waals surface area contributed by atoms with Crippen LogP contribution in [0.25, 0.3) is 0 Å². The first-order valence-electron chi connectivity index (χ1n) is 41.3. The Morgan fingerprint density at radius 1 is 0.540 bits per heavy atom. The molecule has 7 aromatic rings. The largest absolute Gasteiger partial charge is 0.501 e. The van der Waals surface area contributed by atoms with Crippen molar-refractivity contribution in [1.82, 2.24) is 24.8 Å². The highest BCUT2D eigenvalue weighted by atomic mass is 32.3. The second-order valence-corrected chi connectivity index (χ2v) is 33.2. The molecule has 4 N–H and O–H groups in total. The van der Waals surface area contributed by atoms with Crippen molar-refractivity contribution in [2.45, 2.75) is 140 Å². The molecule has 0 bridgehead atoms. The fraction of sp³-hybridized carbons (Fsp3) is 0.449. The third-order valence-corrected chi connectivity index (χ3v) is 23.1. The van der Waals surface area contributed by atoms with Crippen LogP contribution in [0.15, 0.2) is 155 Å². The number of carbonyl (C=O) groups is 5. The van der Waals surface area contributed by atoms with Crippen molar-refractivity contribution in [2.24, 2.45) is 9.98 Å². The SMILES string of the molecule is C=C1C[C@H]2C=Nc3cc(OCc4cc(COc5cc6c(cc5OC)C(=O)N5CC(=C)C[C@H]5C=N6)cc(OS(=O)(=O)Oc5cc(C(=O)CCCOCCOCCOCC)ccc5OC5O[C@H](CO)[C@H](O)[C@H](O)[C@H]5O)c4)c(OC)cc3C(=O)N2C1.CCn1cc(COCCOCCOCCOCCCC(=O)c2cccc(C(=O)CCS(=O)(=O)c3ccc(C)cc3)c2)nn1. The van der Waals surface area contributed by atoms with Gasteiger partial charge in [0.15, 0.2) is 61.7 Å². The summed E-state index contributed by atoms with van der Waals surface area (Å²) in [6, 6.07) is 26.6. The van der Waals surface area contributed by atoms with Gasteiger partial charge < -0.3 is 100 Å². The first-order valence-corrected chi connectivity index (χ1v) is 44.3. The van der Waals surface area contributed by atoms with Crippen LogP contribution in [0.1, 0.15) is 133 Å². The smallest absolute Gasteiger partial charge is 0.493 e. The summed E-state index contributed by atoms with van der Waals surface area (Å²) in [5, 5.41) is 49.6. The molecule has 3 saturated heterocycles. The van der Waals surface area contributed by atoms with Crippen molar-refractivity contribution in [3.05, 3.63) is 190 Å². The summed E-state index contributed by atoms with van der Waals surface area (Å²) >= 11 is 0. The number of amides is 2. The summed E-state index contributed by atoms with van der Waals surface area (Å²) < 4.78 is 140. The molecule has 6 heterocycles. The number of Topliss-reactive ketones (excluding diaryl/α,β-unsaturated/α-hetero) is 3. The number of hydrogen-bond donors (Lipinski definition) is 4. The molecule has 2 amide bonds. The van der Waals surface area contributed by atoms with E-state index in [-0.39, 0.29) is 133 Å². The van der Waals surface area contributed by atoms with Gasteiger partial charge in [-0.3, -0.25) is 38.6 Å². The van der Waals surface area contributed by atoms with E-state index in [2.05, 4.69) is 33.5 Å². The van der Waals surface area contributed by atoms with Gasteiger partial charge in [0.1, 0.15) is 49.1 Å². The number of ketones is 3. The van der Waals surface area contributed by atoms with E-state index in [9.17, 15) is 61.2 Å². The minimum atomic E-state index is -5.23. The molecule has 678 valence electrons. The van der Waals surface area contributed by atoms with Crippen molar-refractivity contribution in [1.29, 1.82) is 0 Å². The molecule has 35 nitrogen and oxygen atoms in total. The Morgan fingerprint density at radius 3 is 1.56 bits per heavy atom. The summed E-state index contributed by atoms with van der Waals surface area (Å²) in [5.41, 5.74) is 6.22. The molecule has 5 aliphatic rings. The Labute approximate surface area is 730 Å². The zero-order valence-corrected chi connectivity index (χ0v) is 72.5. The lowest BCUT2D eigenvalue weighted by molar-refractivity contribution is -0.277. The number of hydrogen-bond acceptors (Lipinski definition) is 32. The Morgan fingerprint density at radius 2 is 1.05 bits per heavy atom. The van der Waals surface area contributed by atoms with E-state index in [0.717, 1.165) is 35.0 Å². The molecule has 6 aromatic carbocycles. The Bertz CT molecular complexity index is 5100. The fourth-order valence-corrected chi connectivity index (χ4v) is 15.8. The highest BCUT2D eigenvalue weighted by Crippen LogP contribution is 2.42. The van der Waals surface area contributed by atoms with Crippen LogP contribution < -0.4 is 32.1 Å².